The number of carboxylic acids is 1. The molecule has 6 heteroatoms. The molecule has 0 radical (unpaired) electrons. The van der Waals surface area contributed by atoms with Crippen molar-refractivity contribution >= 4 is 16.0 Å². The van der Waals surface area contributed by atoms with Gasteiger partial charge in [0.2, 0.25) is 10.0 Å². The summed E-state index contributed by atoms with van der Waals surface area (Å²) >= 11 is 0. The first-order valence-electron chi connectivity index (χ1n) is 8.38. The summed E-state index contributed by atoms with van der Waals surface area (Å²) in [5.41, 5.74) is -0.481. The van der Waals surface area contributed by atoms with Gasteiger partial charge in [-0.15, -0.1) is 0 Å². The first kappa shape index (κ1) is 21.9. The van der Waals surface area contributed by atoms with E-state index in [-0.39, 0.29) is 4.91 Å². The van der Waals surface area contributed by atoms with Crippen molar-refractivity contribution in [3.63, 3.8) is 0 Å². The lowest BCUT2D eigenvalue weighted by Gasteiger charge is -2.20. The summed E-state index contributed by atoms with van der Waals surface area (Å²) in [4.78, 5) is 11.7. The molecule has 0 spiro atoms. The third-order valence-electron chi connectivity index (χ3n) is 3.83. The molecular formula is C17H31NO4S. The van der Waals surface area contributed by atoms with E-state index in [0.717, 1.165) is 12.8 Å². The molecular weight excluding hydrogens is 314 g/mol. The summed E-state index contributed by atoms with van der Waals surface area (Å²) in [6.45, 7) is 8.00. The van der Waals surface area contributed by atoms with Crippen LogP contribution in [0, 0.1) is 5.41 Å². The van der Waals surface area contributed by atoms with Crippen molar-refractivity contribution in [2.75, 3.05) is 14.1 Å². The van der Waals surface area contributed by atoms with Crippen molar-refractivity contribution in [1.29, 1.82) is 0 Å². The third kappa shape index (κ3) is 4.67. The van der Waals surface area contributed by atoms with Crippen LogP contribution in [0.1, 0.15) is 59.8 Å². The number of sulfonamides is 1. The van der Waals surface area contributed by atoms with E-state index in [2.05, 4.69) is 0 Å². The molecule has 0 atom stereocenters. The minimum Gasteiger partial charge on any atom is -0.481 e. The molecule has 5 nitrogen and oxygen atoms in total. The zero-order valence-corrected chi connectivity index (χ0v) is 16.0. The van der Waals surface area contributed by atoms with E-state index in [9.17, 15) is 18.3 Å². The summed E-state index contributed by atoms with van der Waals surface area (Å²) < 4.78 is 25.9. The average Bonchev–Trinajstić information content (AvgIpc) is 3.34. The molecule has 134 valence electrons. The summed E-state index contributed by atoms with van der Waals surface area (Å²) in [7, 11) is -0.589. The van der Waals surface area contributed by atoms with Gasteiger partial charge in [-0.05, 0) is 37.7 Å². The second-order valence-corrected chi connectivity index (χ2v) is 7.48. The first-order chi connectivity index (χ1) is 10.8. The van der Waals surface area contributed by atoms with E-state index >= 15 is 0 Å². The second kappa shape index (κ2) is 9.23. The lowest BCUT2D eigenvalue weighted by molar-refractivity contribution is -0.141. The van der Waals surface area contributed by atoms with Crippen LogP contribution in [0.25, 0.3) is 0 Å². The maximum Gasteiger partial charge on any atom is 0.314 e. The topological polar surface area (TPSA) is 74.7 Å². The number of allylic oxidation sites excluding steroid dienone is 3. The Morgan fingerprint density at radius 2 is 1.70 bits per heavy atom. The fourth-order valence-corrected chi connectivity index (χ4v) is 3.83. The monoisotopic (exact) mass is 345 g/mol. The highest BCUT2D eigenvalue weighted by molar-refractivity contribution is 7.93. The summed E-state index contributed by atoms with van der Waals surface area (Å²) in [6.07, 6.45) is 6.57. The molecule has 0 amide bonds. The molecule has 1 saturated carbocycles. The van der Waals surface area contributed by atoms with Gasteiger partial charge in [-0.25, -0.2) is 12.7 Å². The smallest absolute Gasteiger partial charge is 0.314 e. The Morgan fingerprint density at radius 3 is 2.09 bits per heavy atom. The van der Waals surface area contributed by atoms with Crippen LogP contribution in [0.4, 0.5) is 0 Å². The van der Waals surface area contributed by atoms with Gasteiger partial charge in [0.25, 0.3) is 0 Å². The Balaban J connectivity index is 0.00000112. The molecule has 0 saturated heterocycles. The van der Waals surface area contributed by atoms with Gasteiger partial charge < -0.3 is 5.11 Å². The number of carboxylic acid groups (broad SMARTS) is 1. The Kier molecular flexibility index (Phi) is 8.77. The van der Waals surface area contributed by atoms with Crippen LogP contribution in [-0.4, -0.2) is 37.9 Å². The molecule has 0 aromatic carbocycles. The summed E-state index contributed by atoms with van der Waals surface area (Å²) in [5.74, 6) is -0.916. The normalized spacial score (nSPS) is 19.1. The van der Waals surface area contributed by atoms with Crippen molar-refractivity contribution < 1.29 is 18.3 Å². The van der Waals surface area contributed by atoms with Crippen LogP contribution in [0.3, 0.4) is 0 Å². The molecule has 0 aliphatic heterocycles. The number of aliphatic carboxylic acids is 1. The van der Waals surface area contributed by atoms with E-state index in [1.807, 2.05) is 33.8 Å². The van der Waals surface area contributed by atoms with Crippen LogP contribution >= 0.6 is 0 Å². The largest absolute Gasteiger partial charge is 0.481 e. The third-order valence-corrected chi connectivity index (χ3v) is 5.83. The van der Waals surface area contributed by atoms with Crippen LogP contribution in [0.15, 0.2) is 22.6 Å². The summed E-state index contributed by atoms with van der Waals surface area (Å²) in [5, 5.41) is 9.39. The number of rotatable bonds is 4. The van der Waals surface area contributed by atoms with Gasteiger partial charge in [-0.3, -0.25) is 4.79 Å². The molecule has 1 fully saturated rings. The van der Waals surface area contributed by atoms with Crippen molar-refractivity contribution in [3.05, 3.63) is 22.6 Å². The van der Waals surface area contributed by atoms with Gasteiger partial charge in [0, 0.05) is 14.1 Å². The highest BCUT2D eigenvalue weighted by Crippen LogP contribution is 2.55. The molecule has 2 rings (SSSR count). The number of carbonyl (C=O) groups is 1. The highest BCUT2D eigenvalue weighted by Gasteiger charge is 2.54. The van der Waals surface area contributed by atoms with E-state index in [0.29, 0.717) is 24.8 Å². The maximum absolute atomic E-state index is 12.4. The van der Waals surface area contributed by atoms with Gasteiger partial charge in [-0.2, -0.15) is 0 Å². The molecule has 1 N–H and O–H groups in total. The van der Waals surface area contributed by atoms with Crippen molar-refractivity contribution in [1.82, 2.24) is 4.31 Å². The molecule has 2 aliphatic rings. The Labute approximate surface area is 141 Å². The molecule has 0 heterocycles. The number of hydrogen-bond donors (Lipinski definition) is 1. The van der Waals surface area contributed by atoms with Crippen LogP contribution in [0.2, 0.25) is 0 Å². The average molecular weight is 346 g/mol. The van der Waals surface area contributed by atoms with E-state index in [1.165, 1.54) is 18.4 Å². The SMILES string of the molecule is CC.CC.CN(C)S(=O)(=O)C1=C(C2(C(=O)O)CC2)C=CCCC1. The molecule has 0 aromatic rings. The van der Waals surface area contributed by atoms with Gasteiger partial charge in [0.05, 0.1) is 10.3 Å². The fraction of sp³-hybridized carbons (Fsp3) is 0.706. The molecule has 23 heavy (non-hydrogen) atoms. The summed E-state index contributed by atoms with van der Waals surface area (Å²) in [6, 6.07) is 0. The van der Waals surface area contributed by atoms with Crippen LogP contribution in [0.5, 0.6) is 0 Å². The second-order valence-electron chi connectivity index (χ2n) is 5.31. The zero-order valence-electron chi connectivity index (χ0n) is 15.2. The van der Waals surface area contributed by atoms with Crippen molar-refractivity contribution in [2.45, 2.75) is 59.8 Å². The molecule has 0 aromatic heterocycles. The van der Waals surface area contributed by atoms with Gasteiger partial charge in [0.1, 0.15) is 0 Å². The standard InChI is InChI=1S/C13H19NO4S.2C2H6/c1-14(2)19(17,18)11-7-5-3-4-6-10(11)13(8-9-13)12(15)16;2*1-2/h4,6H,3,5,7-9H2,1-2H3,(H,15,16);2*1-2H3. The van der Waals surface area contributed by atoms with Gasteiger partial charge in [-0.1, -0.05) is 39.8 Å². The van der Waals surface area contributed by atoms with Gasteiger partial charge >= 0.3 is 5.97 Å². The van der Waals surface area contributed by atoms with E-state index < -0.39 is 21.4 Å². The Morgan fingerprint density at radius 1 is 1.17 bits per heavy atom. The quantitative estimate of drug-likeness (QED) is 0.841. The highest BCUT2D eigenvalue weighted by atomic mass is 32.2. The van der Waals surface area contributed by atoms with Crippen LogP contribution < -0.4 is 0 Å². The van der Waals surface area contributed by atoms with E-state index in [1.54, 1.807) is 6.08 Å². The molecule has 0 unspecified atom stereocenters. The van der Waals surface area contributed by atoms with Gasteiger partial charge in [0.15, 0.2) is 0 Å². The predicted octanol–water partition coefficient (Wildman–Crippen LogP) is 3.79. The number of nitrogens with zero attached hydrogens (tertiary/aromatic N) is 1. The minimum absolute atomic E-state index is 0.283. The van der Waals surface area contributed by atoms with Crippen molar-refractivity contribution in [3.8, 4) is 0 Å². The van der Waals surface area contributed by atoms with Crippen molar-refractivity contribution in [2.24, 2.45) is 5.41 Å². The maximum atomic E-state index is 12.4. The molecule has 0 bridgehead atoms. The Bertz CT molecular complexity index is 555. The Hall–Kier alpha value is -1.14. The first-order valence-corrected chi connectivity index (χ1v) is 9.82. The molecule has 2 aliphatic carbocycles. The lowest BCUT2D eigenvalue weighted by Crippen LogP contribution is -2.27. The zero-order chi connectivity index (χ0) is 18.3. The van der Waals surface area contributed by atoms with E-state index in [4.69, 9.17) is 0 Å². The fourth-order valence-electron chi connectivity index (χ4n) is 2.45. The van der Waals surface area contributed by atoms with Crippen LogP contribution in [-0.2, 0) is 14.8 Å². The minimum atomic E-state index is -3.55. The number of hydrogen-bond acceptors (Lipinski definition) is 3. The lowest BCUT2D eigenvalue weighted by atomic mass is 9.95. The predicted molar refractivity (Wildman–Crippen MR) is 94.6 cm³/mol.